The molecular weight excluding hydrogens is 185 g/mol. The first-order valence-electron chi connectivity index (χ1n) is 5.12. The number of nitrogens with one attached hydrogen (secondary N) is 1. The fraction of sp³-hybridized carbons (Fsp3) is 0.900. The van der Waals surface area contributed by atoms with Crippen molar-refractivity contribution in [2.45, 2.75) is 32.0 Å². The van der Waals surface area contributed by atoms with Gasteiger partial charge in [0.2, 0.25) is 5.91 Å². The van der Waals surface area contributed by atoms with E-state index in [9.17, 15) is 4.79 Å². The summed E-state index contributed by atoms with van der Waals surface area (Å²) >= 11 is 0. The van der Waals surface area contributed by atoms with Gasteiger partial charge in [0.1, 0.15) is 6.04 Å². The smallest absolute Gasteiger partial charge is 0.238 e. The molecule has 0 radical (unpaired) electrons. The van der Waals surface area contributed by atoms with Crippen molar-refractivity contribution in [1.82, 2.24) is 15.1 Å². The van der Waals surface area contributed by atoms with E-state index in [1.807, 2.05) is 7.05 Å². The van der Waals surface area contributed by atoms with Crippen molar-refractivity contribution in [2.75, 3.05) is 27.7 Å². The zero-order chi connectivity index (χ0) is 10.9. The van der Waals surface area contributed by atoms with Crippen molar-refractivity contribution in [3.8, 4) is 0 Å². The van der Waals surface area contributed by atoms with Crippen LogP contribution in [0.3, 0.4) is 0 Å². The molecule has 0 aromatic carbocycles. The summed E-state index contributed by atoms with van der Waals surface area (Å²) < 4.78 is 0. The van der Waals surface area contributed by atoms with Gasteiger partial charge in [0.05, 0.1) is 0 Å². The van der Waals surface area contributed by atoms with Crippen LogP contribution in [0.15, 0.2) is 0 Å². The molecule has 4 heteroatoms. The lowest BCUT2D eigenvalue weighted by Crippen LogP contribution is -2.63. The number of nitrogens with zero attached hydrogens (tertiary/aromatic N) is 2. The average Bonchev–Trinajstić information content (AvgIpc) is 2.14. The largest absolute Gasteiger partial charge is 0.358 e. The van der Waals surface area contributed by atoms with E-state index in [1.165, 1.54) is 0 Å². The second kappa shape index (κ2) is 4.28. The molecule has 0 aromatic heterocycles. The summed E-state index contributed by atoms with van der Waals surface area (Å²) in [6.07, 6.45) is 0. The lowest BCUT2D eigenvalue weighted by atomic mass is 10.1. The number of hydrogen-bond donors (Lipinski definition) is 1. The molecule has 1 fully saturated rings. The van der Waals surface area contributed by atoms with Crippen molar-refractivity contribution in [1.29, 1.82) is 0 Å². The summed E-state index contributed by atoms with van der Waals surface area (Å²) in [6, 6.07) is 0.751. The monoisotopic (exact) mass is 206 g/mol. The Kier molecular flexibility index (Phi) is 3.50. The van der Waals surface area contributed by atoms with E-state index in [0.717, 1.165) is 6.54 Å². The number of carbonyl (C=O) groups excluding carboxylic acids is 1. The summed E-state index contributed by atoms with van der Waals surface area (Å²) in [7, 11) is 5.79. The highest BCUT2D eigenvalue weighted by molar-refractivity contribution is 5.82. The second-order valence-electron chi connectivity index (χ2n) is 4.25. The molecule has 3 unspecified atom stereocenters. The molecule has 1 N–H and O–H groups in total. The van der Waals surface area contributed by atoms with Crippen LogP contribution in [0.25, 0.3) is 0 Å². The van der Waals surface area contributed by atoms with Crippen LogP contribution in [-0.2, 0) is 4.79 Å². The fourth-order valence-corrected chi connectivity index (χ4v) is 2.22. The molecule has 82 valence electrons. The average molecular weight is 206 g/mol. The van der Waals surface area contributed by atoms with Crippen LogP contribution in [0.5, 0.6) is 0 Å². The van der Waals surface area contributed by atoms with Crippen molar-refractivity contribution in [2.24, 2.45) is 0 Å². The molecule has 0 saturated carbocycles. The number of piperazine rings is 1. The molecule has 1 rings (SSSR count). The Labute approximate surface area is 86.2 Å². The van der Waals surface area contributed by atoms with Gasteiger partial charge in [-0.1, -0.05) is 0 Å². The molecule has 1 amide bonds. The minimum atomic E-state index is -0.0267. The summed E-state index contributed by atoms with van der Waals surface area (Å²) in [5.74, 6) is 0.110. The Morgan fingerprint density at radius 1 is 1.36 bits per heavy atom. The van der Waals surface area contributed by atoms with E-state index in [0.29, 0.717) is 6.04 Å². The molecule has 0 aromatic rings. The molecule has 1 heterocycles. The van der Waals surface area contributed by atoms with Crippen LogP contribution >= 0.6 is 0 Å². The van der Waals surface area contributed by atoms with Gasteiger partial charge in [-0.25, -0.2) is 0 Å². The van der Waals surface area contributed by atoms with E-state index in [4.69, 9.17) is 0 Å². The second-order valence-corrected chi connectivity index (χ2v) is 4.25. The first-order chi connectivity index (χ1) is 6.49. The molecule has 14 heavy (non-hydrogen) atoms. The first-order valence-corrected chi connectivity index (χ1v) is 5.12. The van der Waals surface area contributed by atoms with Crippen LogP contribution in [0.4, 0.5) is 0 Å². The number of carbonyl (C=O) groups is 1. The van der Waals surface area contributed by atoms with Crippen LogP contribution in [0.1, 0.15) is 13.8 Å². The zero-order valence-electron chi connectivity index (χ0n) is 9.74. The quantitative estimate of drug-likeness (QED) is 0.475. The van der Waals surface area contributed by atoms with Crippen LogP contribution < -0.4 is 5.32 Å². The van der Waals surface area contributed by atoms with Gasteiger partial charge in [-0.15, -0.1) is 0 Å². The third-order valence-electron chi connectivity index (χ3n) is 3.34. The van der Waals surface area contributed by atoms with Crippen molar-refractivity contribution in [3.05, 3.63) is 0 Å². The van der Waals surface area contributed by atoms with Gasteiger partial charge in [0.15, 0.2) is 0 Å². The van der Waals surface area contributed by atoms with E-state index in [-0.39, 0.29) is 18.0 Å². The van der Waals surface area contributed by atoms with Gasteiger partial charge in [-0.2, -0.15) is 0 Å². The molecule has 0 bridgehead atoms. The summed E-state index contributed by atoms with van der Waals surface area (Å²) in [4.78, 5) is 16.1. The molecule has 0 spiro atoms. The molecular formula is C10H21N3O. The predicted molar refractivity (Wildman–Crippen MR) is 57.2 cm³/mol. The standard InChI is InChI=1S/C10H21N3O/c1-7-6-12(4)9(10(14)11-3)8(2)13(7)5/h7-9H,6H2,1-5H3,(H,11,14)/i1+1,3+1,4+1,5+1,6+1,7+1,13+1. The fourth-order valence-electron chi connectivity index (χ4n) is 2.22. The summed E-state index contributed by atoms with van der Waals surface area (Å²) in [5, 5.41) is 2.72. The van der Waals surface area contributed by atoms with Crippen LogP contribution in [-0.4, -0.2) is 61.5 Å². The van der Waals surface area contributed by atoms with Gasteiger partial charge in [-0.05, 0) is 27.9 Å². The Balaban J connectivity index is 2.78. The van der Waals surface area contributed by atoms with Gasteiger partial charge in [0.25, 0.3) is 0 Å². The van der Waals surface area contributed by atoms with E-state index in [2.05, 4.69) is 36.0 Å². The van der Waals surface area contributed by atoms with Crippen LogP contribution in [0, 0.1) is 0 Å². The number of amides is 1. The topological polar surface area (TPSA) is 35.6 Å². The molecule has 4 nitrogen and oxygen atoms in total. The highest BCUT2D eigenvalue weighted by atomic mass is 16.2. The number of rotatable bonds is 1. The maximum absolute atomic E-state index is 11.7. The third kappa shape index (κ3) is 1.91. The Morgan fingerprint density at radius 3 is 2.43 bits per heavy atom. The van der Waals surface area contributed by atoms with Crippen LogP contribution in [0.2, 0.25) is 0 Å². The van der Waals surface area contributed by atoms with Gasteiger partial charge in [0, 0.05) is 25.7 Å². The first kappa shape index (κ1) is 11.5. The van der Waals surface area contributed by atoms with Crippen molar-refractivity contribution >= 4 is 5.91 Å². The van der Waals surface area contributed by atoms with Crippen molar-refractivity contribution in [3.63, 3.8) is 0 Å². The van der Waals surface area contributed by atoms with E-state index >= 15 is 0 Å². The number of likely N-dealkylation sites (N-methyl/N-ethyl adjacent to an activating group) is 3. The summed E-state index contributed by atoms with van der Waals surface area (Å²) in [6.45, 7) is 5.23. The predicted octanol–water partition coefficient (Wildman–Crippen LogP) is -0.245. The highest BCUT2D eigenvalue weighted by Gasteiger charge is 2.37. The van der Waals surface area contributed by atoms with E-state index < -0.39 is 0 Å². The minimum Gasteiger partial charge on any atom is -0.358 e. The van der Waals surface area contributed by atoms with Crippen molar-refractivity contribution < 1.29 is 4.79 Å². The maximum atomic E-state index is 11.7. The molecule has 0 aliphatic carbocycles. The normalized spacial score (nSPS) is 35.6. The van der Waals surface area contributed by atoms with Gasteiger partial charge in [-0.3, -0.25) is 14.6 Å². The van der Waals surface area contributed by atoms with E-state index in [1.54, 1.807) is 7.05 Å². The van der Waals surface area contributed by atoms with Gasteiger partial charge < -0.3 is 5.32 Å². The third-order valence-corrected chi connectivity index (χ3v) is 3.34. The Bertz CT molecular complexity index is 219. The molecule has 3 atom stereocenters. The highest BCUT2D eigenvalue weighted by Crippen LogP contribution is 2.18. The Morgan fingerprint density at radius 2 is 1.93 bits per heavy atom. The zero-order valence-corrected chi connectivity index (χ0v) is 9.74. The molecule has 1 saturated heterocycles. The Hall–Kier alpha value is -0.610. The SMILES string of the molecule is CC1C(C(=O)N[13CH3])N([13CH3])[13CH2][13CH]([13CH3])[15N]1[13CH3]. The molecule has 1 aliphatic rings. The maximum Gasteiger partial charge on any atom is 0.238 e. The lowest BCUT2D eigenvalue weighted by Gasteiger charge is -2.46. The minimum absolute atomic E-state index is 0.0267. The van der Waals surface area contributed by atoms with Gasteiger partial charge >= 0.3 is 0 Å². The molecule has 1 aliphatic heterocycles. The lowest BCUT2D eigenvalue weighted by molar-refractivity contribution is -0.130. The number of hydrogen-bond acceptors (Lipinski definition) is 3. The summed E-state index contributed by atoms with van der Waals surface area (Å²) in [5.41, 5.74) is 0.